The van der Waals surface area contributed by atoms with E-state index in [2.05, 4.69) is 29.2 Å². The van der Waals surface area contributed by atoms with Gasteiger partial charge in [-0.1, -0.05) is 48.5 Å². The summed E-state index contributed by atoms with van der Waals surface area (Å²) in [5.41, 5.74) is 5.61. The van der Waals surface area contributed by atoms with E-state index in [1.165, 1.54) is 12.7 Å². The minimum Gasteiger partial charge on any atom is -0.465 e. The number of urea groups is 1. The van der Waals surface area contributed by atoms with Crippen LogP contribution in [0.5, 0.6) is 0 Å². The SMILES string of the molecule is COC(=O)c1ccc(CN(C(=O)N2CCOCC2)c2ccc(-c3ccc(CN4CCCC4CO)cc3)cc2)cc1. The molecule has 0 aliphatic carbocycles. The molecule has 1 N–H and O–H groups in total. The van der Waals surface area contributed by atoms with Gasteiger partial charge in [0.05, 0.1) is 39.0 Å². The fourth-order valence-electron chi connectivity index (χ4n) is 5.42. The predicted molar refractivity (Wildman–Crippen MR) is 154 cm³/mol. The molecule has 3 aromatic rings. The molecule has 0 radical (unpaired) electrons. The zero-order chi connectivity index (χ0) is 27.9. The Morgan fingerprint density at radius 1 is 0.900 bits per heavy atom. The van der Waals surface area contributed by atoms with Gasteiger partial charge < -0.3 is 19.5 Å². The first-order chi connectivity index (χ1) is 19.6. The molecule has 2 aliphatic rings. The lowest BCUT2D eigenvalue weighted by atomic mass is 10.0. The number of anilines is 1. The zero-order valence-corrected chi connectivity index (χ0v) is 23.0. The molecule has 0 bridgehead atoms. The molecule has 2 aliphatic heterocycles. The van der Waals surface area contributed by atoms with Gasteiger partial charge in [-0.2, -0.15) is 0 Å². The van der Waals surface area contributed by atoms with Crippen molar-refractivity contribution in [3.63, 3.8) is 0 Å². The van der Waals surface area contributed by atoms with E-state index in [0.717, 1.165) is 48.3 Å². The summed E-state index contributed by atoms with van der Waals surface area (Å²) in [5.74, 6) is -0.387. The molecular formula is C32H37N3O5. The lowest BCUT2D eigenvalue weighted by Crippen LogP contribution is -2.48. The van der Waals surface area contributed by atoms with Crippen molar-refractivity contribution in [3.8, 4) is 11.1 Å². The maximum absolute atomic E-state index is 13.6. The van der Waals surface area contributed by atoms with E-state index >= 15 is 0 Å². The molecule has 2 heterocycles. The highest BCUT2D eigenvalue weighted by molar-refractivity contribution is 5.92. The van der Waals surface area contributed by atoms with E-state index in [9.17, 15) is 14.7 Å². The van der Waals surface area contributed by atoms with E-state index in [1.807, 2.05) is 41.3 Å². The molecule has 3 aromatic carbocycles. The number of esters is 1. The summed E-state index contributed by atoms with van der Waals surface area (Å²) in [5, 5.41) is 9.61. The van der Waals surface area contributed by atoms with Crippen LogP contribution in [-0.2, 0) is 22.6 Å². The summed E-state index contributed by atoms with van der Waals surface area (Å²) < 4.78 is 10.3. The molecule has 2 saturated heterocycles. The van der Waals surface area contributed by atoms with E-state index in [-0.39, 0.29) is 24.6 Å². The molecule has 2 fully saturated rings. The Morgan fingerprint density at radius 2 is 1.52 bits per heavy atom. The van der Waals surface area contributed by atoms with Gasteiger partial charge >= 0.3 is 12.0 Å². The van der Waals surface area contributed by atoms with Crippen molar-refractivity contribution >= 4 is 17.7 Å². The third-order valence-corrected chi connectivity index (χ3v) is 7.79. The number of nitrogens with zero attached hydrogens (tertiary/aromatic N) is 3. The van der Waals surface area contributed by atoms with E-state index < -0.39 is 0 Å². The van der Waals surface area contributed by atoms with Crippen LogP contribution in [0.4, 0.5) is 10.5 Å². The number of aliphatic hydroxyl groups excluding tert-OH is 1. The second-order valence-corrected chi connectivity index (χ2v) is 10.3. The number of methoxy groups -OCH3 is 1. The average molecular weight is 544 g/mol. The minimum atomic E-state index is -0.387. The first-order valence-electron chi connectivity index (χ1n) is 13.9. The van der Waals surface area contributed by atoms with Crippen LogP contribution in [0.25, 0.3) is 11.1 Å². The minimum absolute atomic E-state index is 0.0689. The Morgan fingerprint density at radius 3 is 2.15 bits per heavy atom. The number of hydrogen-bond acceptors (Lipinski definition) is 6. The number of carbonyl (C=O) groups is 2. The lowest BCUT2D eigenvalue weighted by Gasteiger charge is -2.33. The van der Waals surface area contributed by atoms with Crippen molar-refractivity contribution in [2.24, 2.45) is 0 Å². The van der Waals surface area contributed by atoms with Crippen molar-refractivity contribution in [2.45, 2.75) is 32.0 Å². The van der Waals surface area contributed by atoms with Gasteiger partial charge in [0.15, 0.2) is 0 Å². The lowest BCUT2D eigenvalue weighted by molar-refractivity contribution is 0.0548. The van der Waals surface area contributed by atoms with E-state index in [0.29, 0.717) is 38.4 Å². The summed E-state index contributed by atoms with van der Waals surface area (Å²) >= 11 is 0. The molecule has 40 heavy (non-hydrogen) atoms. The highest BCUT2D eigenvalue weighted by Crippen LogP contribution is 2.27. The fourth-order valence-corrected chi connectivity index (χ4v) is 5.42. The smallest absolute Gasteiger partial charge is 0.337 e. The van der Waals surface area contributed by atoms with Gasteiger partial charge in [-0.05, 0) is 65.9 Å². The monoisotopic (exact) mass is 543 g/mol. The van der Waals surface area contributed by atoms with Crippen LogP contribution in [0, 0.1) is 0 Å². The highest BCUT2D eigenvalue weighted by Gasteiger charge is 2.25. The Bertz CT molecular complexity index is 1270. The number of aliphatic hydroxyl groups is 1. The van der Waals surface area contributed by atoms with Crippen molar-refractivity contribution in [1.82, 2.24) is 9.80 Å². The van der Waals surface area contributed by atoms with Gasteiger partial charge in [0.2, 0.25) is 0 Å². The van der Waals surface area contributed by atoms with Crippen LogP contribution in [0.3, 0.4) is 0 Å². The molecule has 0 saturated carbocycles. The first kappa shape index (κ1) is 27.8. The van der Waals surface area contributed by atoms with Crippen LogP contribution >= 0.6 is 0 Å². The molecule has 2 amide bonds. The third kappa shape index (κ3) is 6.53. The van der Waals surface area contributed by atoms with Gasteiger partial charge in [0.25, 0.3) is 0 Å². The number of carbonyl (C=O) groups excluding carboxylic acids is 2. The predicted octanol–water partition coefficient (Wildman–Crippen LogP) is 4.56. The number of ether oxygens (including phenoxy) is 2. The Labute approximate surface area is 235 Å². The number of morpholine rings is 1. The highest BCUT2D eigenvalue weighted by atomic mass is 16.5. The second-order valence-electron chi connectivity index (χ2n) is 10.3. The third-order valence-electron chi connectivity index (χ3n) is 7.79. The van der Waals surface area contributed by atoms with E-state index in [1.54, 1.807) is 17.0 Å². The molecular weight excluding hydrogens is 506 g/mol. The van der Waals surface area contributed by atoms with Crippen LogP contribution in [0.2, 0.25) is 0 Å². The molecule has 1 unspecified atom stereocenters. The number of rotatable bonds is 8. The summed E-state index contributed by atoms with van der Waals surface area (Å²) in [6, 6.07) is 24.0. The van der Waals surface area contributed by atoms with Crippen LogP contribution < -0.4 is 4.90 Å². The quantitative estimate of drug-likeness (QED) is 0.420. The molecule has 210 valence electrons. The summed E-state index contributed by atoms with van der Waals surface area (Å²) in [4.78, 5) is 31.4. The number of amides is 2. The summed E-state index contributed by atoms with van der Waals surface area (Å²) in [6.45, 7) is 4.63. The van der Waals surface area contributed by atoms with Gasteiger partial charge in [0.1, 0.15) is 0 Å². The van der Waals surface area contributed by atoms with Crippen molar-refractivity contribution in [1.29, 1.82) is 0 Å². The largest absolute Gasteiger partial charge is 0.465 e. The topological polar surface area (TPSA) is 82.5 Å². The molecule has 5 rings (SSSR count). The standard InChI is InChI=1S/C32H37N3O5/c1-39-31(37)28-10-6-25(7-11-28)22-35(32(38)33-17-19-40-20-18-33)29-14-12-27(13-15-29)26-8-4-24(5-9-26)21-34-16-2-3-30(34)23-36/h4-15,30,36H,2-3,16-23H2,1H3. The van der Waals surface area contributed by atoms with Crippen molar-refractivity contribution < 1.29 is 24.2 Å². The van der Waals surface area contributed by atoms with Crippen molar-refractivity contribution in [2.75, 3.05) is 51.5 Å². The summed E-state index contributed by atoms with van der Waals surface area (Å²) in [7, 11) is 1.36. The van der Waals surface area contributed by atoms with Crippen LogP contribution in [0.15, 0.2) is 72.8 Å². The molecule has 1 atom stereocenters. The molecule has 0 aromatic heterocycles. The van der Waals surface area contributed by atoms with Crippen LogP contribution in [-0.4, -0.2) is 79.5 Å². The Kier molecular flexibility index (Phi) is 9.11. The maximum atomic E-state index is 13.6. The van der Waals surface area contributed by atoms with Gasteiger partial charge in [-0.25, -0.2) is 9.59 Å². The van der Waals surface area contributed by atoms with Gasteiger partial charge in [0, 0.05) is 31.4 Å². The van der Waals surface area contributed by atoms with Gasteiger partial charge in [-0.15, -0.1) is 0 Å². The fraction of sp³-hybridized carbons (Fsp3) is 0.375. The first-order valence-corrected chi connectivity index (χ1v) is 13.9. The Hall–Kier alpha value is -3.72. The van der Waals surface area contributed by atoms with Crippen molar-refractivity contribution in [3.05, 3.63) is 89.5 Å². The number of likely N-dealkylation sites (tertiary alicyclic amines) is 1. The normalized spacial score (nSPS) is 17.6. The maximum Gasteiger partial charge on any atom is 0.337 e. The molecule has 0 spiro atoms. The van der Waals surface area contributed by atoms with Crippen LogP contribution in [0.1, 0.15) is 34.3 Å². The van der Waals surface area contributed by atoms with E-state index in [4.69, 9.17) is 9.47 Å². The molecule has 8 nitrogen and oxygen atoms in total. The van der Waals surface area contributed by atoms with Gasteiger partial charge in [-0.3, -0.25) is 9.80 Å². The zero-order valence-electron chi connectivity index (χ0n) is 23.0. The average Bonchev–Trinajstić information content (AvgIpc) is 3.47. The number of benzene rings is 3. The number of hydrogen-bond donors (Lipinski definition) is 1. The summed E-state index contributed by atoms with van der Waals surface area (Å²) in [6.07, 6.45) is 2.20. The Balaban J connectivity index is 1.32. The second kappa shape index (κ2) is 13.1. The molecule has 8 heteroatoms.